The Labute approximate surface area is 165 Å². The molecule has 0 saturated carbocycles. The molecule has 0 saturated heterocycles. The molecule has 6 heteroatoms. The maximum absolute atomic E-state index is 12.2. The van der Waals surface area contributed by atoms with Crippen molar-refractivity contribution < 1.29 is 9.21 Å². The van der Waals surface area contributed by atoms with Crippen molar-refractivity contribution in [1.82, 2.24) is 15.3 Å². The van der Waals surface area contributed by atoms with Gasteiger partial charge in [-0.1, -0.05) is 45.9 Å². The number of hydrogen-bond donors (Lipinski definition) is 2. The van der Waals surface area contributed by atoms with E-state index in [4.69, 9.17) is 4.42 Å². The van der Waals surface area contributed by atoms with Gasteiger partial charge in [0.05, 0.1) is 25.2 Å². The number of nitrogens with zero attached hydrogens (tertiary/aromatic N) is 2. The summed E-state index contributed by atoms with van der Waals surface area (Å²) in [6.45, 7) is 8.99. The number of benzene rings is 1. The van der Waals surface area contributed by atoms with Crippen LogP contribution >= 0.6 is 0 Å². The van der Waals surface area contributed by atoms with Crippen LogP contribution in [0.4, 0.5) is 11.5 Å². The second kappa shape index (κ2) is 8.69. The number of aromatic nitrogens is 2. The largest absolute Gasteiger partial charge is 0.467 e. The van der Waals surface area contributed by atoms with Gasteiger partial charge in [0.1, 0.15) is 17.3 Å². The van der Waals surface area contributed by atoms with Crippen LogP contribution in [0.1, 0.15) is 66.9 Å². The van der Waals surface area contributed by atoms with Gasteiger partial charge >= 0.3 is 0 Å². The van der Waals surface area contributed by atoms with Crippen LogP contribution in [0.25, 0.3) is 0 Å². The summed E-state index contributed by atoms with van der Waals surface area (Å²) < 4.78 is 5.21. The van der Waals surface area contributed by atoms with Crippen LogP contribution < -0.4 is 10.6 Å². The van der Waals surface area contributed by atoms with Crippen molar-refractivity contribution in [3.05, 3.63) is 71.6 Å². The van der Waals surface area contributed by atoms with Gasteiger partial charge in [-0.15, -0.1) is 0 Å². The Morgan fingerprint density at radius 1 is 1.00 bits per heavy atom. The van der Waals surface area contributed by atoms with Gasteiger partial charge in [-0.2, -0.15) is 0 Å². The fourth-order valence-electron chi connectivity index (χ4n) is 3.00. The summed E-state index contributed by atoms with van der Waals surface area (Å²) in [7, 11) is 0. The van der Waals surface area contributed by atoms with Crippen LogP contribution in [0.15, 0.2) is 53.4 Å². The number of carbonyl (C=O) groups excluding carboxylic acids is 1. The van der Waals surface area contributed by atoms with Gasteiger partial charge in [0.15, 0.2) is 0 Å². The highest BCUT2D eigenvalue weighted by Crippen LogP contribution is 2.33. The average Bonchev–Trinajstić information content (AvgIpc) is 3.20. The minimum absolute atomic E-state index is 0.262. The molecule has 1 aromatic carbocycles. The van der Waals surface area contributed by atoms with Gasteiger partial charge < -0.3 is 15.1 Å². The normalized spacial score (nSPS) is 11.1. The summed E-state index contributed by atoms with van der Waals surface area (Å²) in [5, 5.41) is 6.17. The number of anilines is 2. The highest BCUT2D eigenvalue weighted by Gasteiger charge is 2.15. The number of rotatable bonds is 7. The first-order valence-corrected chi connectivity index (χ1v) is 9.48. The quantitative estimate of drug-likeness (QED) is 0.605. The zero-order valence-corrected chi connectivity index (χ0v) is 16.7. The summed E-state index contributed by atoms with van der Waals surface area (Å²) in [4.78, 5) is 20.9. The Morgan fingerprint density at radius 3 is 2.25 bits per heavy atom. The van der Waals surface area contributed by atoms with Crippen LogP contribution in [0.5, 0.6) is 0 Å². The molecule has 6 nitrogen and oxygen atoms in total. The zero-order chi connectivity index (χ0) is 20.1. The molecular weight excluding hydrogens is 352 g/mol. The van der Waals surface area contributed by atoms with E-state index in [0.717, 1.165) is 5.69 Å². The Morgan fingerprint density at radius 2 is 1.71 bits per heavy atom. The van der Waals surface area contributed by atoms with Crippen molar-refractivity contribution in [1.29, 1.82) is 0 Å². The van der Waals surface area contributed by atoms with Gasteiger partial charge in [0, 0.05) is 5.69 Å². The number of nitrogens with one attached hydrogen (secondary N) is 2. The maximum Gasteiger partial charge on any atom is 0.271 e. The summed E-state index contributed by atoms with van der Waals surface area (Å²) in [6.07, 6.45) is 4.64. The fourth-order valence-corrected chi connectivity index (χ4v) is 3.00. The van der Waals surface area contributed by atoms with Crippen LogP contribution in [0.3, 0.4) is 0 Å². The number of carbonyl (C=O) groups is 1. The third-order valence-electron chi connectivity index (χ3n) is 4.51. The van der Waals surface area contributed by atoms with E-state index in [1.807, 2.05) is 0 Å². The SMILES string of the molecule is CC(C)c1cccc(C(C)C)c1Nc1cnc(C(=O)NCc2ccco2)cn1. The minimum atomic E-state index is -0.291. The van der Waals surface area contributed by atoms with Gasteiger partial charge in [0.2, 0.25) is 0 Å². The van der Waals surface area contributed by atoms with Crippen molar-refractivity contribution in [3.8, 4) is 0 Å². The van der Waals surface area contributed by atoms with E-state index >= 15 is 0 Å². The molecule has 3 rings (SSSR count). The summed E-state index contributed by atoms with van der Waals surface area (Å²) in [5.41, 5.74) is 3.79. The second-order valence-electron chi connectivity index (χ2n) is 7.29. The van der Waals surface area contributed by atoms with E-state index in [1.54, 1.807) is 24.6 Å². The van der Waals surface area contributed by atoms with E-state index in [9.17, 15) is 4.79 Å². The standard InChI is InChI=1S/C22H26N4O2/c1-14(2)17-8-5-9-18(15(3)4)21(17)26-20-13-23-19(12-24-20)22(27)25-11-16-7-6-10-28-16/h5-10,12-15H,11H2,1-4H3,(H,24,26)(H,25,27). The molecule has 0 fully saturated rings. The highest BCUT2D eigenvalue weighted by molar-refractivity contribution is 5.92. The van der Waals surface area contributed by atoms with Crippen molar-refractivity contribution >= 4 is 17.4 Å². The van der Waals surface area contributed by atoms with Gasteiger partial charge in [0.25, 0.3) is 5.91 Å². The second-order valence-corrected chi connectivity index (χ2v) is 7.29. The fraction of sp³-hybridized carbons (Fsp3) is 0.318. The predicted molar refractivity (Wildman–Crippen MR) is 110 cm³/mol. The van der Waals surface area contributed by atoms with Crippen LogP contribution in [-0.4, -0.2) is 15.9 Å². The van der Waals surface area contributed by atoms with E-state index in [-0.39, 0.29) is 11.6 Å². The molecule has 2 N–H and O–H groups in total. The molecule has 0 bridgehead atoms. The minimum Gasteiger partial charge on any atom is -0.467 e. The lowest BCUT2D eigenvalue weighted by molar-refractivity contribution is 0.0942. The van der Waals surface area contributed by atoms with E-state index in [2.05, 4.69) is 66.5 Å². The molecular formula is C22H26N4O2. The smallest absolute Gasteiger partial charge is 0.271 e. The lowest BCUT2D eigenvalue weighted by Gasteiger charge is -2.20. The number of furan rings is 1. The van der Waals surface area contributed by atoms with Crippen LogP contribution in [0.2, 0.25) is 0 Å². The van der Waals surface area contributed by atoms with Gasteiger partial charge in [-0.25, -0.2) is 9.97 Å². The van der Waals surface area contributed by atoms with Crippen molar-refractivity contribution in [2.45, 2.75) is 46.1 Å². The van der Waals surface area contributed by atoms with E-state index in [1.165, 1.54) is 17.3 Å². The molecule has 0 spiro atoms. The predicted octanol–water partition coefficient (Wildman–Crippen LogP) is 4.99. The van der Waals surface area contributed by atoms with E-state index < -0.39 is 0 Å². The third-order valence-corrected chi connectivity index (χ3v) is 4.51. The Kier molecular flexibility index (Phi) is 6.09. The Balaban J connectivity index is 1.75. The average molecular weight is 378 g/mol. The van der Waals surface area contributed by atoms with Crippen molar-refractivity contribution in [2.24, 2.45) is 0 Å². The lowest BCUT2D eigenvalue weighted by Crippen LogP contribution is -2.23. The maximum atomic E-state index is 12.2. The number of hydrogen-bond acceptors (Lipinski definition) is 5. The van der Waals surface area contributed by atoms with Crippen molar-refractivity contribution in [3.63, 3.8) is 0 Å². The van der Waals surface area contributed by atoms with Gasteiger partial charge in [-0.3, -0.25) is 4.79 Å². The summed E-state index contributed by atoms with van der Waals surface area (Å²) >= 11 is 0. The topological polar surface area (TPSA) is 80.0 Å². The zero-order valence-electron chi connectivity index (χ0n) is 16.7. The van der Waals surface area contributed by atoms with E-state index in [0.29, 0.717) is 30.0 Å². The molecule has 3 aromatic rings. The molecule has 0 aliphatic rings. The highest BCUT2D eigenvalue weighted by atomic mass is 16.3. The molecule has 0 aliphatic heterocycles. The monoisotopic (exact) mass is 378 g/mol. The number of amides is 1. The molecule has 146 valence electrons. The summed E-state index contributed by atoms with van der Waals surface area (Å²) in [6, 6.07) is 9.93. The third kappa shape index (κ3) is 4.57. The van der Waals surface area contributed by atoms with Crippen molar-refractivity contribution in [2.75, 3.05) is 5.32 Å². The van der Waals surface area contributed by atoms with Crippen LogP contribution in [0, 0.1) is 0 Å². The molecule has 0 aliphatic carbocycles. The first-order chi connectivity index (χ1) is 13.5. The Bertz CT molecular complexity index is 890. The Hall–Kier alpha value is -3.15. The molecule has 0 radical (unpaired) electrons. The molecule has 2 heterocycles. The number of para-hydroxylation sites is 1. The molecule has 28 heavy (non-hydrogen) atoms. The first kappa shape index (κ1) is 19.6. The van der Waals surface area contributed by atoms with Gasteiger partial charge in [-0.05, 0) is 35.1 Å². The lowest BCUT2D eigenvalue weighted by atomic mass is 9.92. The summed E-state index contributed by atoms with van der Waals surface area (Å²) in [5.74, 6) is 1.76. The molecule has 1 amide bonds. The molecule has 0 atom stereocenters. The first-order valence-electron chi connectivity index (χ1n) is 9.48. The van der Waals surface area contributed by atoms with Crippen LogP contribution in [-0.2, 0) is 6.54 Å². The molecule has 0 unspecified atom stereocenters. The molecule has 2 aromatic heterocycles.